The molecule has 0 aliphatic heterocycles. The zero-order chi connectivity index (χ0) is 12.3. The molecule has 0 atom stereocenters. The van der Waals surface area contributed by atoms with E-state index in [1.807, 2.05) is 0 Å². The Kier molecular flexibility index (Phi) is 8.41. The third-order valence-electron chi connectivity index (χ3n) is 3.12. The van der Waals surface area contributed by atoms with Gasteiger partial charge in [0.25, 0.3) is 0 Å². The Bertz CT molecular complexity index is 284. The van der Waals surface area contributed by atoms with Crippen LogP contribution in [0.3, 0.4) is 0 Å². The lowest BCUT2D eigenvalue weighted by Gasteiger charge is -2.00. The van der Waals surface area contributed by atoms with Crippen LogP contribution >= 0.6 is 15.9 Å². The molecule has 0 bridgehead atoms. The van der Waals surface area contributed by atoms with Crippen LogP contribution in [0.15, 0.2) is 18.7 Å². The van der Waals surface area contributed by atoms with Crippen molar-refractivity contribution in [2.75, 3.05) is 5.33 Å². The maximum atomic E-state index is 3.47. The summed E-state index contributed by atoms with van der Waals surface area (Å²) in [5.74, 6) is 0. The lowest BCUT2D eigenvalue weighted by Crippen LogP contribution is -2.23. The first-order chi connectivity index (χ1) is 8.33. The largest absolute Gasteiger partial charge is 0.243 e. The fraction of sp³-hybridized carbons (Fsp3) is 0.786. The van der Waals surface area contributed by atoms with Crippen molar-refractivity contribution >= 4 is 15.9 Å². The van der Waals surface area contributed by atoms with Crippen molar-refractivity contribution in [1.82, 2.24) is 4.57 Å². The summed E-state index contributed by atoms with van der Waals surface area (Å²) in [6, 6.07) is 0. The van der Waals surface area contributed by atoms with Crippen LogP contribution in [0, 0.1) is 0 Å². The molecule has 0 N–H and O–H groups in total. The van der Waals surface area contributed by atoms with Gasteiger partial charge in [-0.2, -0.15) is 0 Å². The van der Waals surface area contributed by atoms with Crippen LogP contribution in [-0.2, 0) is 13.6 Å². The zero-order valence-corrected chi connectivity index (χ0v) is 12.7. The molecule has 98 valence electrons. The van der Waals surface area contributed by atoms with E-state index in [1.165, 1.54) is 63.2 Å². The molecule has 0 saturated carbocycles. The number of aryl methyl sites for hydroxylation is 2. The molecule has 2 nitrogen and oxygen atoms in total. The number of aromatic nitrogens is 2. The molecule has 1 heterocycles. The molecule has 1 aromatic rings. The Balaban J connectivity index is 1.84. The minimum absolute atomic E-state index is 1.17. The van der Waals surface area contributed by atoms with E-state index in [0.29, 0.717) is 0 Å². The Morgan fingerprint density at radius 1 is 0.941 bits per heavy atom. The van der Waals surface area contributed by atoms with Gasteiger partial charge in [0.1, 0.15) is 12.4 Å². The molecule has 0 aromatic carbocycles. The van der Waals surface area contributed by atoms with Crippen LogP contribution in [0.2, 0.25) is 0 Å². The molecule has 0 fully saturated rings. The van der Waals surface area contributed by atoms with Gasteiger partial charge in [-0.1, -0.05) is 48.0 Å². The number of rotatable bonds is 10. The smallest absolute Gasteiger partial charge is 0.240 e. The number of alkyl halides is 1. The monoisotopic (exact) mass is 301 g/mol. The van der Waals surface area contributed by atoms with Gasteiger partial charge >= 0.3 is 0 Å². The molecule has 0 amide bonds. The maximum Gasteiger partial charge on any atom is 0.243 e. The molecule has 0 unspecified atom stereocenters. The van der Waals surface area contributed by atoms with Crippen LogP contribution in [0.4, 0.5) is 0 Å². The summed E-state index contributed by atoms with van der Waals surface area (Å²) >= 11 is 3.47. The van der Waals surface area contributed by atoms with Gasteiger partial charge in [-0.05, 0) is 19.3 Å². The summed E-state index contributed by atoms with van der Waals surface area (Å²) < 4.78 is 4.37. The third kappa shape index (κ3) is 7.58. The van der Waals surface area contributed by atoms with E-state index in [0.717, 1.165) is 0 Å². The first kappa shape index (κ1) is 14.7. The van der Waals surface area contributed by atoms with E-state index in [4.69, 9.17) is 0 Å². The van der Waals surface area contributed by atoms with Crippen molar-refractivity contribution in [3.8, 4) is 0 Å². The van der Waals surface area contributed by atoms with Crippen molar-refractivity contribution in [1.29, 1.82) is 0 Å². The number of hydrogen-bond donors (Lipinski definition) is 0. The predicted molar refractivity (Wildman–Crippen MR) is 76.3 cm³/mol. The summed E-state index contributed by atoms with van der Waals surface area (Å²) in [6.45, 7) is 1.17. The van der Waals surface area contributed by atoms with Gasteiger partial charge < -0.3 is 0 Å². The number of halogens is 1. The molecule has 17 heavy (non-hydrogen) atoms. The highest BCUT2D eigenvalue weighted by Gasteiger charge is 1.99. The molecule has 0 aliphatic rings. The highest BCUT2D eigenvalue weighted by atomic mass is 79.9. The lowest BCUT2D eigenvalue weighted by atomic mass is 10.1. The molecule has 0 spiro atoms. The summed E-state index contributed by atoms with van der Waals surface area (Å²) in [7, 11) is 2.07. The first-order valence-electron chi connectivity index (χ1n) is 6.90. The molecule has 1 aromatic heterocycles. The number of hydrogen-bond acceptors (Lipinski definition) is 0. The Morgan fingerprint density at radius 3 is 2.06 bits per heavy atom. The van der Waals surface area contributed by atoms with Crippen LogP contribution in [0.5, 0.6) is 0 Å². The summed E-state index contributed by atoms with van der Waals surface area (Å²) in [6.07, 6.45) is 17.5. The maximum absolute atomic E-state index is 3.47. The normalized spacial score (nSPS) is 10.9. The topological polar surface area (TPSA) is 8.81 Å². The Morgan fingerprint density at radius 2 is 1.53 bits per heavy atom. The summed E-state index contributed by atoms with van der Waals surface area (Å²) in [4.78, 5) is 0. The number of nitrogens with zero attached hydrogens (tertiary/aromatic N) is 2. The molecular formula is C14H26BrN2+. The second kappa shape index (κ2) is 9.69. The van der Waals surface area contributed by atoms with Gasteiger partial charge in [-0.3, -0.25) is 0 Å². The highest BCUT2D eigenvalue weighted by Crippen LogP contribution is 2.09. The van der Waals surface area contributed by atoms with Crippen LogP contribution in [0.25, 0.3) is 0 Å². The van der Waals surface area contributed by atoms with Gasteiger partial charge in [-0.15, -0.1) is 0 Å². The van der Waals surface area contributed by atoms with E-state index in [9.17, 15) is 0 Å². The quantitative estimate of drug-likeness (QED) is 0.353. The van der Waals surface area contributed by atoms with Crippen LogP contribution < -0.4 is 4.57 Å². The van der Waals surface area contributed by atoms with E-state index < -0.39 is 0 Å². The second-order valence-corrected chi connectivity index (χ2v) is 5.63. The summed E-state index contributed by atoms with van der Waals surface area (Å²) in [5.41, 5.74) is 0. The molecule has 0 saturated heterocycles. The molecular weight excluding hydrogens is 276 g/mol. The summed E-state index contributed by atoms with van der Waals surface area (Å²) in [5, 5.41) is 1.17. The van der Waals surface area contributed by atoms with Crippen molar-refractivity contribution in [2.24, 2.45) is 7.05 Å². The van der Waals surface area contributed by atoms with E-state index in [-0.39, 0.29) is 0 Å². The van der Waals surface area contributed by atoms with Gasteiger partial charge in [0.05, 0.1) is 13.6 Å². The standard InChI is InChI=1S/C14H26BrN2/c1-16-12-13-17(14-16)11-9-7-5-3-2-4-6-8-10-15/h12-14H,2-11H2,1H3/q+1. The van der Waals surface area contributed by atoms with Crippen molar-refractivity contribution in [2.45, 2.75) is 57.9 Å². The molecule has 0 radical (unpaired) electrons. The van der Waals surface area contributed by atoms with Gasteiger partial charge in [0.15, 0.2) is 0 Å². The SMILES string of the molecule is C[n+]1ccn(CCCCCCCCCCBr)c1. The van der Waals surface area contributed by atoms with Gasteiger partial charge in [-0.25, -0.2) is 9.13 Å². The van der Waals surface area contributed by atoms with Crippen molar-refractivity contribution in [3.05, 3.63) is 18.7 Å². The van der Waals surface area contributed by atoms with Crippen LogP contribution in [0.1, 0.15) is 51.4 Å². The number of unbranched alkanes of at least 4 members (excludes halogenated alkanes) is 7. The zero-order valence-electron chi connectivity index (χ0n) is 11.1. The fourth-order valence-electron chi connectivity index (χ4n) is 2.08. The Hall–Kier alpha value is -0.310. The van der Waals surface area contributed by atoms with Crippen molar-refractivity contribution < 1.29 is 4.57 Å². The molecule has 3 heteroatoms. The number of imidazole rings is 1. The van der Waals surface area contributed by atoms with E-state index >= 15 is 0 Å². The van der Waals surface area contributed by atoms with Crippen molar-refractivity contribution in [3.63, 3.8) is 0 Å². The van der Waals surface area contributed by atoms with Crippen LogP contribution in [-0.4, -0.2) is 9.90 Å². The third-order valence-corrected chi connectivity index (χ3v) is 3.68. The van der Waals surface area contributed by atoms with Gasteiger partial charge in [0, 0.05) is 5.33 Å². The van der Waals surface area contributed by atoms with Gasteiger partial charge in [0.2, 0.25) is 6.33 Å². The average Bonchev–Trinajstić information content (AvgIpc) is 2.73. The predicted octanol–water partition coefficient (Wildman–Crippen LogP) is 3.83. The Labute approximate surface area is 114 Å². The van der Waals surface area contributed by atoms with E-state index in [1.54, 1.807) is 0 Å². The highest BCUT2D eigenvalue weighted by molar-refractivity contribution is 9.09. The average molecular weight is 302 g/mol. The minimum atomic E-state index is 1.17. The lowest BCUT2D eigenvalue weighted by molar-refractivity contribution is -0.671. The second-order valence-electron chi connectivity index (χ2n) is 4.83. The molecule has 1 rings (SSSR count). The fourth-order valence-corrected chi connectivity index (χ4v) is 2.48. The molecule has 0 aliphatic carbocycles. The first-order valence-corrected chi connectivity index (χ1v) is 8.02. The van der Waals surface area contributed by atoms with E-state index in [2.05, 4.69) is 50.8 Å². The minimum Gasteiger partial charge on any atom is -0.240 e.